The molecular formula is C29H37N5O5. The van der Waals surface area contributed by atoms with E-state index in [9.17, 15) is 15.0 Å². The fraction of sp³-hybridized carbons (Fsp3) is 0.621. The van der Waals surface area contributed by atoms with Crippen LogP contribution in [0, 0.1) is 17.3 Å². The van der Waals surface area contributed by atoms with Crippen molar-refractivity contribution in [3.63, 3.8) is 0 Å². The zero-order valence-corrected chi connectivity index (χ0v) is 22.5. The molecule has 4 unspecified atom stereocenters. The summed E-state index contributed by atoms with van der Waals surface area (Å²) >= 11 is 0. The summed E-state index contributed by atoms with van der Waals surface area (Å²) in [7, 11) is 1.69. The topological polar surface area (TPSA) is 135 Å². The monoisotopic (exact) mass is 535 g/mol. The molecule has 7 rings (SSSR count). The fourth-order valence-electron chi connectivity index (χ4n) is 8.27. The van der Waals surface area contributed by atoms with Crippen LogP contribution in [0.15, 0.2) is 29.3 Å². The van der Waals surface area contributed by atoms with Crippen LogP contribution in [0.3, 0.4) is 0 Å². The lowest BCUT2D eigenvalue weighted by molar-refractivity contribution is -0.0432. The van der Waals surface area contributed by atoms with Gasteiger partial charge in [-0.15, -0.1) is 0 Å². The zero-order chi connectivity index (χ0) is 26.9. The number of aliphatic hydroxyl groups is 2. The first kappa shape index (κ1) is 25.0. The minimum atomic E-state index is -0.796. The van der Waals surface area contributed by atoms with E-state index in [-0.39, 0.29) is 30.1 Å². The van der Waals surface area contributed by atoms with E-state index in [0.29, 0.717) is 34.8 Å². The first-order chi connectivity index (χ1) is 18.9. The maximum Gasteiger partial charge on any atom is 0.280 e. The van der Waals surface area contributed by atoms with Gasteiger partial charge in [-0.3, -0.25) is 14.3 Å². The lowest BCUT2D eigenvalue weighted by Gasteiger charge is -2.51. The lowest BCUT2D eigenvalue weighted by Crippen LogP contribution is -2.41. The molecule has 0 amide bonds. The first-order valence-corrected chi connectivity index (χ1v) is 14.2. The van der Waals surface area contributed by atoms with Gasteiger partial charge in [0.15, 0.2) is 11.2 Å². The van der Waals surface area contributed by atoms with Crippen LogP contribution < -0.4 is 15.6 Å². The molecule has 0 spiro atoms. The first-order valence-electron chi connectivity index (χ1n) is 14.2. The summed E-state index contributed by atoms with van der Waals surface area (Å²) in [5, 5.41) is 23.3. The van der Waals surface area contributed by atoms with E-state index in [1.54, 1.807) is 11.7 Å². The largest absolute Gasteiger partial charge is 0.497 e. The number of H-pyrrole nitrogens is 1. The maximum absolute atomic E-state index is 13.1. The number of anilines is 1. The second-order valence-electron chi connectivity index (χ2n) is 12.2. The Balaban J connectivity index is 1.25. The standard InChI is InChI=1S/C29H37N5O5/c1-29-8-3-4-20(29)18-11-21(19-10-15(38-2)5-6-16(19)17(18)7-9-29)31-28-32-26-25(27(37)33-28)30-14-34(26)24-12-22(36)23(13-35)39-24/h5-6,10,14,17-18,20-24,35-36H,3-4,7-9,11-13H2,1-2H3,(H2,31,32,33,37)/t17?,18?,20?,21?,22-,23+,24+,29-/m0/s1. The van der Waals surface area contributed by atoms with Crippen LogP contribution in [-0.4, -0.2) is 55.7 Å². The van der Waals surface area contributed by atoms with E-state index in [2.05, 4.69) is 40.4 Å². The van der Waals surface area contributed by atoms with Crippen LogP contribution in [-0.2, 0) is 4.74 Å². The number of ether oxygens (including phenoxy) is 2. The third-order valence-corrected chi connectivity index (χ3v) is 10.2. The molecule has 3 heterocycles. The Morgan fingerprint density at radius 2 is 2.13 bits per heavy atom. The molecule has 0 radical (unpaired) electrons. The Kier molecular flexibility index (Phi) is 5.98. The third-order valence-electron chi connectivity index (χ3n) is 10.2. The van der Waals surface area contributed by atoms with Crippen LogP contribution in [0.1, 0.15) is 81.2 Å². The zero-order valence-electron chi connectivity index (χ0n) is 22.5. The van der Waals surface area contributed by atoms with Gasteiger partial charge in [-0.05, 0) is 78.5 Å². The molecule has 4 N–H and O–H groups in total. The number of fused-ring (bicyclic) bond motifs is 6. The van der Waals surface area contributed by atoms with Crippen molar-refractivity contribution in [2.24, 2.45) is 17.3 Å². The number of benzene rings is 1. The number of imidazole rings is 1. The average Bonchev–Trinajstić information content (AvgIpc) is 3.64. The van der Waals surface area contributed by atoms with Gasteiger partial charge in [-0.1, -0.05) is 19.4 Å². The minimum absolute atomic E-state index is 0.0282. The Morgan fingerprint density at radius 3 is 2.92 bits per heavy atom. The Labute approximate surface area is 226 Å². The summed E-state index contributed by atoms with van der Waals surface area (Å²) in [6.45, 7) is 2.21. The number of nitrogens with zero attached hydrogens (tertiary/aromatic N) is 3. The number of aliphatic hydroxyl groups excluding tert-OH is 2. The summed E-state index contributed by atoms with van der Waals surface area (Å²) in [6, 6.07) is 6.42. The van der Waals surface area contributed by atoms with Crippen molar-refractivity contribution in [1.29, 1.82) is 0 Å². The molecule has 8 atom stereocenters. The second-order valence-corrected chi connectivity index (χ2v) is 12.2. The highest BCUT2D eigenvalue weighted by atomic mass is 16.5. The molecule has 3 fully saturated rings. The molecule has 208 valence electrons. The molecule has 1 aromatic carbocycles. The predicted octanol–water partition coefficient (Wildman–Crippen LogP) is 3.63. The summed E-state index contributed by atoms with van der Waals surface area (Å²) in [5.74, 6) is 3.03. The van der Waals surface area contributed by atoms with Gasteiger partial charge in [0, 0.05) is 6.42 Å². The molecule has 2 aromatic heterocycles. The fourth-order valence-corrected chi connectivity index (χ4v) is 8.27. The molecule has 39 heavy (non-hydrogen) atoms. The molecule has 10 nitrogen and oxygen atoms in total. The second kappa shape index (κ2) is 9.31. The third kappa shape index (κ3) is 3.98. The smallest absolute Gasteiger partial charge is 0.280 e. The van der Waals surface area contributed by atoms with Crippen molar-refractivity contribution < 1.29 is 19.7 Å². The number of rotatable bonds is 5. The molecule has 1 saturated heterocycles. The normalized spacial score (nSPS) is 35.4. The lowest BCUT2D eigenvalue weighted by atomic mass is 9.55. The molecule has 4 aliphatic rings. The van der Waals surface area contributed by atoms with Crippen molar-refractivity contribution in [3.05, 3.63) is 46.0 Å². The van der Waals surface area contributed by atoms with Gasteiger partial charge in [0.1, 0.15) is 18.1 Å². The van der Waals surface area contributed by atoms with E-state index in [0.717, 1.165) is 12.2 Å². The highest BCUT2D eigenvalue weighted by Gasteiger charge is 2.51. The minimum Gasteiger partial charge on any atom is -0.497 e. The number of aromatic nitrogens is 4. The number of hydrogen-bond acceptors (Lipinski definition) is 8. The van der Waals surface area contributed by atoms with Gasteiger partial charge in [-0.2, -0.15) is 4.98 Å². The highest BCUT2D eigenvalue weighted by molar-refractivity contribution is 5.71. The van der Waals surface area contributed by atoms with Crippen LogP contribution in [0.25, 0.3) is 11.2 Å². The summed E-state index contributed by atoms with van der Waals surface area (Å²) < 4.78 is 13.1. The van der Waals surface area contributed by atoms with Gasteiger partial charge in [0.2, 0.25) is 5.95 Å². The number of aromatic amines is 1. The maximum atomic E-state index is 13.1. The van der Waals surface area contributed by atoms with Gasteiger partial charge >= 0.3 is 0 Å². The van der Waals surface area contributed by atoms with E-state index >= 15 is 0 Å². The van der Waals surface area contributed by atoms with Gasteiger partial charge in [-0.25, -0.2) is 4.98 Å². The van der Waals surface area contributed by atoms with Crippen LogP contribution in [0.4, 0.5) is 5.95 Å². The van der Waals surface area contributed by atoms with Crippen LogP contribution in [0.2, 0.25) is 0 Å². The summed E-state index contributed by atoms with van der Waals surface area (Å²) in [4.78, 5) is 25.0. The summed E-state index contributed by atoms with van der Waals surface area (Å²) in [5.41, 5.74) is 3.28. The van der Waals surface area contributed by atoms with E-state index in [1.165, 1.54) is 49.6 Å². The van der Waals surface area contributed by atoms with Crippen molar-refractivity contribution in [2.75, 3.05) is 19.0 Å². The molecule has 2 saturated carbocycles. The molecule has 3 aromatic rings. The van der Waals surface area contributed by atoms with Crippen LogP contribution >= 0.6 is 0 Å². The SMILES string of the molecule is COc1ccc2c(c1)C(Nc1nc3c(ncn3[C@H]3C[C@H](O)[C@@H](CO)O3)c(=O)[nH]1)CC1C2CC[C@]2(C)CCCC12. The Bertz CT molecular complexity index is 1450. The number of hydrogen-bond donors (Lipinski definition) is 4. The molecule has 1 aliphatic heterocycles. The van der Waals surface area contributed by atoms with Gasteiger partial charge in [0.25, 0.3) is 5.56 Å². The van der Waals surface area contributed by atoms with Crippen molar-refractivity contribution in [1.82, 2.24) is 19.5 Å². The highest BCUT2D eigenvalue weighted by Crippen LogP contribution is 2.62. The van der Waals surface area contributed by atoms with E-state index < -0.39 is 18.4 Å². The Morgan fingerprint density at radius 1 is 1.26 bits per heavy atom. The quantitative estimate of drug-likeness (QED) is 0.389. The molecule has 0 bridgehead atoms. The van der Waals surface area contributed by atoms with E-state index in [1.807, 2.05) is 0 Å². The summed E-state index contributed by atoms with van der Waals surface area (Å²) in [6.07, 6.45) is 7.16. The average molecular weight is 536 g/mol. The van der Waals surface area contributed by atoms with Crippen molar-refractivity contribution in [3.8, 4) is 5.75 Å². The van der Waals surface area contributed by atoms with Gasteiger partial charge < -0.3 is 25.0 Å². The van der Waals surface area contributed by atoms with Crippen molar-refractivity contribution >= 4 is 17.1 Å². The van der Waals surface area contributed by atoms with Crippen LogP contribution in [0.5, 0.6) is 5.75 Å². The Hall–Kier alpha value is -2.95. The molecule has 10 heteroatoms. The number of methoxy groups -OCH3 is 1. The van der Waals surface area contributed by atoms with E-state index in [4.69, 9.17) is 14.5 Å². The predicted molar refractivity (Wildman–Crippen MR) is 145 cm³/mol. The van der Waals surface area contributed by atoms with Gasteiger partial charge in [0.05, 0.1) is 32.2 Å². The number of nitrogens with one attached hydrogen (secondary N) is 2. The van der Waals surface area contributed by atoms with Crippen molar-refractivity contribution in [2.45, 2.75) is 82.3 Å². The molecular weight excluding hydrogens is 498 g/mol. The molecule has 3 aliphatic carbocycles.